The molecule has 0 aliphatic rings. The molecule has 0 radical (unpaired) electrons. The van der Waals surface area contributed by atoms with Gasteiger partial charge in [-0.25, -0.2) is 0 Å². The second-order valence-corrected chi connectivity index (χ2v) is 3.27. The van der Waals surface area contributed by atoms with Crippen LogP contribution < -0.4 is 11.5 Å². The SMILES string of the molecule is NCCC(=O)OC(=O)CCC(=O)OC(=O)CCN. The first kappa shape index (κ1) is 16.2. The van der Waals surface area contributed by atoms with Crippen LogP contribution in [0.15, 0.2) is 0 Å². The summed E-state index contributed by atoms with van der Waals surface area (Å²) in [5, 5.41) is 0. The Balaban J connectivity index is 3.81. The number of hydrogen-bond acceptors (Lipinski definition) is 8. The van der Waals surface area contributed by atoms with Gasteiger partial charge in [-0.05, 0) is 0 Å². The Labute approximate surface area is 104 Å². The number of carbonyl (C=O) groups is 4. The van der Waals surface area contributed by atoms with Crippen LogP contribution in [0.25, 0.3) is 0 Å². The molecule has 18 heavy (non-hydrogen) atoms. The zero-order valence-electron chi connectivity index (χ0n) is 9.85. The molecule has 0 aromatic rings. The van der Waals surface area contributed by atoms with Crippen molar-refractivity contribution in [2.45, 2.75) is 25.7 Å². The van der Waals surface area contributed by atoms with Crippen LogP contribution in [0, 0.1) is 0 Å². The van der Waals surface area contributed by atoms with Crippen molar-refractivity contribution in [3.8, 4) is 0 Å². The zero-order valence-corrected chi connectivity index (χ0v) is 9.85. The van der Waals surface area contributed by atoms with E-state index in [0.29, 0.717) is 0 Å². The van der Waals surface area contributed by atoms with Gasteiger partial charge in [0.05, 0.1) is 25.7 Å². The fourth-order valence-corrected chi connectivity index (χ4v) is 0.898. The lowest BCUT2D eigenvalue weighted by Gasteiger charge is -2.02. The number of hydrogen-bond donors (Lipinski definition) is 2. The molecule has 0 saturated heterocycles. The molecule has 102 valence electrons. The second kappa shape index (κ2) is 9.25. The van der Waals surface area contributed by atoms with Crippen molar-refractivity contribution >= 4 is 23.9 Å². The first-order valence-corrected chi connectivity index (χ1v) is 5.36. The van der Waals surface area contributed by atoms with Gasteiger partial charge in [0.1, 0.15) is 0 Å². The highest BCUT2D eigenvalue weighted by Gasteiger charge is 2.14. The van der Waals surface area contributed by atoms with Crippen molar-refractivity contribution in [2.24, 2.45) is 11.5 Å². The number of nitrogens with two attached hydrogens (primary N) is 2. The highest BCUT2D eigenvalue weighted by atomic mass is 16.6. The number of ether oxygens (including phenoxy) is 2. The van der Waals surface area contributed by atoms with Gasteiger partial charge in [0.15, 0.2) is 0 Å². The minimum Gasteiger partial charge on any atom is -0.393 e. The highest BCUT2D eigenvalue weighted by molar-refractivity contribution is 5.89. The van der Waals surface area contributed by atoms with Gasteiger partial charge in [-0.1, -0.05) is 0 Å². The molecule has 0 spiro atoms. The molecule has 0 fully saturated rings. The standard InChI is InChI=1S/C10H16N2O6/c11-5-3-9(15)17-7(13)1-2-8(14)18-10(16)4-6-12/h1-6,11-12H2. The van der Waals surface area contributed by atoms with Crippen molar-refractivity contribution < 1.29 is 28.7 Å². The topological polar surface area (TPSA) is 139 Å². The van der Waals surface area contributed by atoms with Crippen LogP contribution in [0.4, 0.5) is 0 Å². The van der Waals surface area contributed by atoms with Gasteiger partial charge in [-0.3, -0.25) is 19.2 Å². The summed E-state index contributed by atoms with van der Waals surface area (Å²) in [5.41, 5.74) is 10.2. The first-order chi connectivity index (χ1) is 8.49. The van der Waals surface area contributed by atoms with Crippen LogP contribution >= 0.6 is 0 Å². The highest BCUT2D eigenvalue weighted by Crippen LogP contribution is 1.98. The van der Waals surface area contributed by atoms with E-state index in [1.807, 2.05) is 0 Å². The molecular weight excluding hydrogens is 244 g/mol. The van der Waals surface area contributed by atoms with Crippen molar-refractivity contribution in [1.29, 1.82) is 0 Å². The van der Waals surface area contributed by atoms with Crippen LogP contribution in [-0.2, 0) is 28.7 Å². The molecule has 0 aliphatic heterocycles. The Morgan fingerprint density at radius 1 is 0.611 bits per heavy atom. The molecule has 0 amide bonds. The molecule has 0 aromatic carbocycles. The van der Waals surface area contributed by atoms with Crippen molar-refractivity contribution in [2.75, 3.05) is 13.1 Å². The summed E-state index contributed by atoms with van der Waals surface area (Å²) in [4.78, 5) is 43.8. The average Bonchev–Trinajstić information content (AvgIpc) is 2.27. The van der Waals surface area contributed by atoms with E-state index in [0.717, 1.165) is 0 Å². The number of rotatable bonds is 7. The van der Waals surface area contributed by atoms with Gasteiger partial charge >= 0.3 is 23.9 Å². The fourth-order valence-electron chi connectivity index (χ4n) is 0.898. The lowest BCUT2D eigenvalue weighted by Crippen LogP contribution is -2.19. The Morgan fingerprint density at radius 2 is 0.889 bits per heavy atom. The minimum absolute atomic E-state index is 0.0712. The third-order valence-corrected chi connectivity index (χ3v) is 1.69. The molecule has 0 atom stereocenters. The van der Waals surface area contributed by atoms with Crippen LogP contribution in [0.1, 0.15) is 25.7 Å². The predicted molar refractivity (Wildman–Crippen MR) is 58.8 cm³/mol. The average molecular weight is 260 g/mol. The summed E-state index contributed by atoms with van der Waals surface area (Å²) in [6.07, 6.45) is -0.841. The maximum absolute atomic E-state index is 11.0. The minimum atomic E-state index is -0.864. The quantitative estimate of drug-likeness (QED) is 0.421. The molecule has 4 N–H and O–H groups in total. The van der Waals surface area contributed by atoms with E-state index in [2.05, 4.69) is 9.47 Å². The first-order valence-electron chi connectivity index (χ1n) is 5.36. The largest absolute Gasteiger partial charge is 0.393 e. The Bertz CT molecular complexity index is 296. The molecule has 8 nitrogen and oxygen atoms in total. The zero-order chi connectivity index (χ0) is 14.0. The van der Waals surface area contributed by atoms with Crippen LogP contribution in [0.5, 0.6) is 0 Å². The van der Waals surface area contributed by atoms with Crippen molar-refractivity contribution in [3.63, 3.8) is 0 Å². The van der Waals surface area contributed by atoms with E-state index < -0.39 is 23.9 Å². The van der Waals surface area contributed by atoms with Gasteiger partial charge in [0, 0.05) is 13.1 Å². The molecule has 0 aliphatic carbocycles. The van der Waals surface area contributed by atoms with Gasteiger partial charge in [0.25, 0.3) is 0 Å². The van der Waals surface area contributed by atoms with Crippen LogP contribution in [0.3, 0.4) is 0 Å². The molecule has 0 bridgehead atoms. The molecule has 0 rings (SSSR count). The van der Waals surface area contributed by atoms with Crippen molar-refractivity contribution in [1.82, 2.24) is 0 Å². The second-order valence-electron chi connectivity index (χ2n) is 3.27. The van der Waals surface area contributed by atoms with E-state index in [1.54, 1.807) is 0 Å². The third-order valence-electron chi connectivity index (χ3n) is 1.69. The summed E-state index contributed by atoms with van der Waals surface area (Å²) in [7, 11) is 0. The number of carbonyl (C=O) groups excluding carboxylic acids is 4. The molecule has 0 aromatic heterocycles. The molecule has 0 heterocycles. The normalized spacial score (nSPS) is 9.67. The lowest BCUT2D eigenvalue weighted by molar-refractivity contribution is -0.165. The smallest absolute Gasteiger partial charge is 0.314 e. The molecule has 0 saturated carbocycles. The molecule has 0 unspecified atom stereocenters. The van der Waals surface area contributed by atoms with E-state index in [9.17, 15) is 19.2 Å². The third kappa shape index (κ3) is 8.36. The maximum atomic E-state index is 11.0. The monoisotopic (exact) mass is 260 g/mol. The van der Waals surface area contributed by atoms with E-state index in [-0.39, 0.29) is 38.8 Å². The summed E-state index contributed by atoms with van der Waals surface area (Å²) in [6.45, 7) is 0.142. The predicted octanol–water partition coefficient (Wildman–Crippen LogP) is -1.40. The van der Waals surface area contributed by atoms with Crippen molar-refractivity contribution in [3.05, 3.63) is 0 Å². The number of esters is 4. The van der Waals surface area contributed by atoms with Gasteiger partial charge in [-0.2, -0.15) is 0 Å². The Hall–Kier alpha value is -1.80. The Kier molecular flexibility index (Phi) is 8.33. The van der Waals surface area contributed by atoms with E-state index in [4.69, 9.17) is 11.5 Å². The summed E-state index contributed by atoms with van der Waals surface area (Å²) >= 11 is 0. The van der Waals surface area contributed by atoms with E-state index in [1.165, 1.54) is 0 Å². The van der Waals surface area contributed by atoms with E-state index >= 15 is 0 Å². The lowest BCUT2D eigenvalue weighted by atomic mass is 10.3. The van der Waals surface area contributed by atoms with Gasteiger partial charge < -0.3 is 20.9 Å². The van der Waals surface area contributed by atoms with Gasteiger partial charge in [0.2, 0.25) is 0 Å². The van der Waals surface area contributed by atoms with Crippen LogP contribution in [-0.4, -0.2) is 37.0 Å². The molecule has 8 heteroatoms. The molecular formula is C10H16N2O6. The summed E-state index contributed by atoms with van der Waals surface area (Å²) < 4.78 is 8.65. The summed E-state index contributed by atoms with van der Waals surface area (Å²) in [6, 6.07) is 0. The van der Waals surface area contributed by atoms with Gasteiger partial charge in [-0.15, -0.1) is 0 Å². The Morgan fingerprint density at radius 3 is 1.17 bits per heavy atom. The van der Waals surface area contributed by atoms with Crippen LogP contribution in [0.2, 0.25) is 0 Å². The summed E-state index contributed by atoms with van der Waals surface area (Å²) in [5.74, 6) is -3.24. The maximum Gasteiger partial charge on any atom is 0.314 e. The fraction of sp³-hybridized carbons (Fsp3) is 0.600.